The van der Waals surface area contributed by atoms with Gasteiger partial charge in [-0.05, 0) is 62.1 Å². The van der Waals surface area contributed by atoms with E-state index in [2.05, 4.69) is 25.5 Å². The lowest BCUT2D eigenvalue weighted by molar-refractivity contribution is 0.0925. The highest BCUT2D eigenvalue weighted by atomic mass is 35.5. The zero-order valence-electron chi connectivity index (χ0n) is 19.9. The van der Waals surface area contributed by atoms with Crippen molar-refractivity contribution in [2.45, 2.75) is 37.8 Å². The SMILES string of the molecule is N#Cc1ccc(-c2nc3cnc(-c4nc[nH]n4)cc3n2[C@@H]2CCC[C@H](NC(=O)c3ccc(Cl)s3)C2)c(F)c1. The minimum absolute atomic E-state index is 0.0709. The number of amides is 1. The number of aromatic amines is 1. The van der Waals surface area contributed by atoms with Crippen LogP contribution >= 0.6 is 22.9 Å². The van der Waals surface area contributed by atoms with Crippen molar-refractivity contribution in [3.63, 3.8) is 0 Å². The summed E-state index contributed by atoms with van der Waals surface area (Å²) in [7, 11) is 0. The molecule has 2 N–H and O–H groups in total. The van der Waals surface area contributed by atoms with E-state index in [1.165, 1.54) is 23.7 Å². The van der Waals surface area contributed by atoms with Gasteiger partial charge in [0.25, 0.3) is 5.91 Å². The first-order valence-corrected chi connectivity index (χ1v) is 13.2. The number of nitrogens with zero attached hydrogens (tertiary/aromatic N) is 6. The van der Waals surface area contributed by atoms with Crippen molar-refractivity contribution in [3.8, 4) is 29.0 Å². The number of imidazole rings is 1. The molecule has 1 amide bonds. The number of benzene rings is 1. The molecule has 1 aromatic carbocycles. The fourth-order valence-corrected chi connectivity index (χ4v) is 5.95. The van der Waals surface area contributed by atoms with Gasteiger partial charge in [-0.2, -0.15) is 10.4 Å². The lowest BCUT2D eigenvalue weighted by Crippen LogP contribution is -2.38. The van der Waals surface area contributed by atoms with Gasteiger partial charge in [-0.1, -0.05) is 11.6 Å². The first-order chi connectivity index (χ1) is 18.5. The molecular weight excluding hydrogens is 527 g/mol. The molecule has 0 aliphatic heterocycles. The molecule has 38 heavy (non-hydrogen) atoms. The largest absolute Gasteiger partial charge is 0.349 e. The highest BCUT2D eigenvalue weighted by Crippen LogP contribution is 2.37. The topological polar surface area (TPSA) is 125 Å². The van der Waals surface area contributed by atoms with Crippen LogP contribution in [0.15, 0.2) is 48.9 Å². The molecule has 2 atom stereocenters. The highest BCUT2D eigenvalue weighted by Gasteiger charge is 2.29. The van der Waals surface area contributed by atoms with Crippen molar-refractivity contribution in [2.75, 3.05) is 0 Å². The van der Waals surface area contributed by atoms with Crippen LogP contribution in [0.2, 0.25) is 4.34 Å². The van der Waals surface area contributed by atoms with E-state index in [0.717, 1.165) is 24.8 Å². The van der Waals surface area contributed by atoms with Crippen LogP contribution in [0.25, 0.3) is 33.9 Å². The molecule has 1 fully saturated rings. The van der Waals surface area contributed by atoms with Crippen LogP contribution in [0.3, 0.4) is 0 Å². The van der Waals surface area contributed by atoms with E-state index in [1.54, 1.807) is 30.5 Å². The van der Waals surface area contributed by atoms with E-state index >= 15 is 4.39 Å². The Kier molecular flexibility index (Phi) is 6.35. The maximum absolute atomic E-state index is 15.2. The summed E-state index contributed by atoms with van der Waals surface area (Å²) in [5.41, 5.74) is 2.45. The number of pyridine rings is 1. The maximum Gasteiger partial charge on any atom is 0.261 e. The Morgan fingerprint density at radius 1 is 1.24 bits per heavy atom. The Bertz CT molecular complexity index is 1690. The predicted molar refractivity (Wildman–Crippen MR) is 141 cm³/mol. The Morgan fingerprint density at radius 2 is 2.13 bits per heavy atom. The van der Waals surface area contributed by atoms with E-state index in [9.17, 15) is 10.1 Å². The lowest BCUT2D eigenvalue weighted by Gasteiger charge is -2.32. The van der Waals surface area contributed by atoms with Gasteiger partial charge in [-0.3, -0.25) is 14.9 Å². The van der Waals surface area contributed by atoms with E-state index in [-0.39, 0.29) is 23.6 Å². The second-order valence-electron chi connectivity index (χ2n) is 9.09. The molecule has 0 radical (unpaired) electrons. The van der Waals surface area contributed by atoms with Crippen LogP contribution in [0, 0.1) is 17.1 Å². The summed E-state index contributed by atoms with van der Waals surface area (Å²) in [5, 5.41) is 19.2. The molecule has 190 valence electrons. The van der Waals surface area contributed by atoms with Gasteiger partial charge in [0.2, 0.25) is 0 Å². The van der Waals surface area contributed by atoms with Crippen molar-refractivity contribution >= 4 is 39.9 Å². The van der Waals surface area contributed by atoms with Crippen molar-refractivity contribution in [3.05, 3.63) is 69.5 Å². The van der Waals surface area contributed by atoms with Crippen molar-refractivity contribution in [2.24, 2.45) is 0 Å². The summed E-state index contributed by atoms with van der Waals surface area (Å²) in [5.74, 6) is 0.197. The minimum Gasteiger partial charge on any atom is -0.349 e. The third kappa shape index (κ3) is 4.53. The molecule has 4 heterocycles. The molecule has 0 spiro atoms. The Labute approximate surface area is 225 Å². The number of nitriles is 1. The predicted octanol–water partition coefficient (Wildman–Crippen LogP) is 5.52. The number of carbonyl (C=O) groups is 1. The van der Waals surface area contributed by atoms with Crippen molar-refractivity contribution in [1.82, 2.24) is 35.0 Å². The summed E-state index contributed by atoms with van der Waals surface area (Å²) in [6.45, 7) is 0. The normalized spacial score (nSPS) is 17.4. The second kappa shape index (κ2) is 9.96. The zero-order chi connectivity index (χ0) is 26.2. The molecule has 1 saturated carbocycles. The highest BCUT2D eigenvalue weighted by molar-refractivity contribution is 7.18. The minimum atomic E-state index is -0.530. The summed E-state index contributed by atoms with van der Waals surface area (Å²) in [6.07, 6.45) is 6.27. The van der Waals surface area contributed by atoms with Gasteiger partial charge in [0, 0.05) is 12.1 Å². The zero-order valence-corrected chi connectivity index (χ0v) is 21.4. The van der Waals surface area contributed by atoms with Crippen LogP contribution in [0.4, 0.5) is 4.39 Å². The molecule has 4 aromatic heterocycles. The first-order valence-electron chi connectivity index (χ1n) is 12.0. The summed E-state index contributed by atoms with van der Waals surface area (Å²) >= 11 is 7.26. The van der Waals surface area contributed by atoms with Gasteiger partial charge < -0.3 is 9.88 Å². The number of thiophene rings is 1. The number of halogens is 2. The van der Waals surface area contributed by atoms with E-state index in [0.29, 0.717) is 44.1 Å². The van der Waals surface area contributed by atoms with E-state index < -0.39 is 5.82 Å². The average molecular weight is 547 g/mol. The fourth-order valence-electron chi connectivity index (χ4n) is 5.00. The fraction of sp³-hybridized carbons (Fsp3) is 0.231. The van der Waals surface area contributed by atoms with Crippen LogP contribution in [0.1, 0.15) is 47.0 Å². The van der Waals surface area contributed by atoms with Gasteiger partial charge in [-0.15, -0.1) is 11.3 Å². The summed E-state index contributed by atoms with van der Waals surface area (Å²) < 4.78 is 17.8. The number of hydrogen-bond acceptors (Lipinski definition) is 7. The first kappa shape index (κ1) is 24.2. The summed E-state index contributed by atoms with van der Waals surface area (Å²) in [6, 6.07) is 11.5. The van der Waals surface area contributed by atoms with Crippen LogP contribution < -0.4 is 5.32 Å². The van der Waals surface area contributed by atoms with Gasteiger partial charge >= 0.3 is 0 Å². The smallest absolute Gasteiger partial charge is 0.261 e. The number of hydrogen-bond donors (Lipinski definition) is 2. The standard InChI is InChI=1S/C26H20ClFN8OS/c27-23-7-6-22(38-23)26(37)33-15-2-1-3-16(9-15)36-21-10-19(24-31-13-32-35-24)30-12-20(21)34-25(36)17-5-4-14(11-29)8-18(17)28/h4-8,10,12-13,15-16H,1-3,9H2,(H,33,37)(H,31,32,35)/t15-,16+/m0/s1. The third-order valence-electron chi connectivity index (χ3n) is 6.70. The van der Waals surface area contributed by atoms with Gasteiger partial charge in [0.1, 0.15) is 29.2 Å². The number of rotatable bonds is 5. The summed E-state index contributed by atoms with van der Waals surface area (Å²) in [4.78, 5) is 26.8. The molecule has 0 unspecified atom stereocenters. The number of H-pyrrole nitrogens is 1. The maximum atomic E-state index is 15.2. The van der Waals surface area contributed by atoms with E-state index in [4.69, 9.17) is 16.6 Å². The monoisotopic (exact) mass is 546 g/mol. The van der Waals surface area contributed by atoms with Crippen molar-refractivity contribution < 1.29 is 9.18 Å². The molecule has 0 saturated heterocycles. The Balaban J connectivity index is 1.41. The van der Waals surface area contributed by atoms with Crippen LogP contribution in [0.5, 0.6) is 0 Å². The molecule has 9 nitrogen and oxygen atoms in total. The number of fused-ring (bicyclic) bond motifs is 1. The average Bonchev–Trinajstić information content (AvgIpc) is 3.68. The number of aromatic nitrogens is 6. The second-order valence-corrected chi connectivity index (χ2v) is 10.8. The quantitative estimate of drug-likeness (QED) is 0.299. The van der Waals surface area contributed by atoms with Crippen molar-refractivity contribution in [1.29, 1.82) is 5.26 Å². The number of nitrogens with one attached hydrogen (secondary N) is 2. The molecule has 1 aliphatic rings. The molecule has 5 aromatic rings. The van der Waals surface area contributed by atoms with Gasteiger partial charge in [-0.25, -0.2) is 14.4 Å². The van der Waals surface area contributed by atoms with Crippen LogP contribution in [-0.2, 0) is 0 Å². The lowest BCUT2D eigenvalue weighted by atomic mass is 9.90. The molecule has 1 aliphatic carbocycles. The molecular formula is C26H20ClFN8OS. The Hall–Kier alpha value is -4.14. The van der Waals surface area contributed by atoms with Gasteiger partial charge in [0.05, 0.1) is 38.1 Å². The third-order valence-corrected chi connectivity index (χ3v) is 7.93. The molecule has 12 heteroatoms. The van der Waals surface area contributed by atoms with Crippen LogP contribution in [-0.4, -0.2) is 41.7 Å². The Morgan fingerprint density at radius 3 is 2.87 bits per heavy atom. The molecule has 6 rings (SSSR count). The van der Waals surface area contributed by atoms with E-state index in [1.807, 2.05) is 16.7 Å². The molecule has 0 bridgehead atoms. The number of carbonyl (C=O) groups excluding carboxylic acids is 1. The van der Waals surface area contributed by atoms with Gasteiger partial charge in [0.15, 0.2) is 5.82 Å².